The number of hydrogen-bond donors (Lipinski definition) is 1. The highest BCUT2D eigenvalue weighted by molar-refractivity contribution is 6.00. The average Bonchev–Trinajstić information content (AvgIpc) is 3.24. The lowest BCUT2D eigenvalue weighted by Gasteiger charge is -2.31. The molecule has 3 aromatic heterocycles. The summed E-state index contributed by atoms with van der Waals surface area (Å²) in [6.45, 7) is 1.50. The maximum absolute atomic E-state index is 12.8. The molecule has 1 saturated heterocycles. The lowest BCUT2D eigenvalue weighted by Crippen LogP contribution is -2.39. The molecule has 6 heteroatoms. The van der Waals surface area contributed by atoms with E-state index < -0.39 is 0 Å². The fraction of sp³-hybridized carbons (Fsp3) is 0.312. The maximum Gasteiger partial charge on any atom is 0.257 e. The van der Waals surface area contributed by atoms with Gasteiger partial charge in [0.25, 0.3) is 5.91 Å². The molecule has 1 amide bonds. The Balaban J connectivity index is 1.60. The summed E-state index contributed by atoms with van der Waals surface area (Å²) in [6, 6.07) is 5.76. The van der Waals surface area contributed by atoms with E-state index in [1.807, 2.05) is 35.5 Å². The number of nitrogens with one attached hydrogen (secondary N) is 1. The molecule has 4 heterocycles. The molecule has 3 aromatic rings. The van der Waals surface area contributed by atoms with E-state index in [9.17, 15) is 4.79 Å². The molecule has 0 saturated carbocycles. The Morgan fingerprint density at radius 1 is 1.36 bits per heavy atom. The predicted octanol–water partition coefficient (Wildman–Crippen LogP) is 2.08. The van der Waals surface area contributed by atoms with Gasteiger partial charge in [-0.05, 0) is 25.0 Å². The number of H-pyrrole nitrogens is 1. The van der Waals surface area contributed by atoms with Gasteiger partial charge in [-0.2, -0.15) is 5.10 Å². The maximum atomic E-state index is 12.8. The van der Waals surface area contributed by atoms with Crippen molar-refractivity contribution in [2.75, 3.05) is 13.1 Å². The van der Waals surface area contributed by atoms with E-state index in [1.165, 1.54) is 0 Å². The third-order valence-corrected chi connectivity index (χ3v) is 4.27. The lowest BCUT2D eigenvalue weighted by atomic mass is 9.97. The van der Waals surface area contributed by atoms with Crippen molar-refractivity contribution in [3.63, 3.8) is 0 Å². The van der Waals surface area contributed by atoms with E-state index in [-0.39, 0.29) is 11.8 Å². The van der Waals surface area contributed by atoms with Gasteiger partial charge in [0.2, 0.25) is 0 Å². The van der Waals surface area contributed by atoms with Crippen molar-refractivity contribution in [2.45, 2.75) is 18.8 Å². The topological polar surface area (TPSA) is 66.3 Å². The summed E-state index contributed by atoms with van der Waals surface area (Å²) < 4.78 is 1.74. The zero-order valence-corrected chi connectivity index (χ0v) is 12.1. The molecular weight excluding hydrogens is 278 g/mol. The molecule has 1 atom stereocenters. The third-order valence-electron chi connectivity index (χ3n) is 4.27. The first-order chi connectivity index (χ1) is 10.8. The Bertz CT molecular complexity index is 792. The first-order valence-electron chi connectivity index (χ1n) is 7.54. The number of likely N-dealkylation sites (tertiary alicyclic amines) is 1. The smallest absolute Gasteiger partial charge is 0.257 e. The van der Waals surface area contributed by atoms with Crippen molar-refractivity contribution in [1.82, 2.24) is 24.5 Å². The number of amides is 1. The van der Waals surface area contributed by atoms with Gasteiger partial charge in [0.05, 0.1) is 17.3 Å². The van der Waals surface area contributed by atoms with Crippen LogP contribution in [-0.2, 0) is 0 Å². The molecule has 22 heavy (non-hydrogen) atoms. The Kier molecular flexibility index (Phi) is 3.14. The zero-order valence-electron chi connectivity index (χ0n) is 12.1. The quantitative estimate of drug-likeness (QED) is 0.787. The van der Waals surface area contributed by atoms with Crippen LogP contribution in [0.5, 0.6) is 0 Å². The molecule has 1 N–H and O–H groups in total. The number of fused-ring (bicyclic) bond motifs is 1. The van der Waals surface area contributed by atoms with Gasteiger partial charge in [-0.15, -0.1) is 0 Å². The molecule has 0 aromatic carbocycles. The summed E-state index contributed by atoms with van der Waals surface area (Å²) >= 11 is 0. The second-order valence-electron chi connectivity index (χ2n) is 5.65. The summed E-state index contributed by atoms with van der Waals surface area (Å²) in [5.74, 6) is 1.31. The largest absolute Gasteiger partial charge is 0.348 e. The minimum absolute atomic E-state index is 0.0532. The van der Waals surface area contributed by atoms with Crippen molar-refractivity contribution < 1.29 is 4.79 Å². The van der Waals surface area contributed by atoms with Crippen molar-refractivity contribution in [1.29, 1.82) is 0 Å². The lowest BCUT2D eigenvalue weighted by molar-refractivity contribution is 0.0706. The minimum atomic E-state index is 0.0532. The first-order valence-corrected chi connectivity index (χ1v) is 7.54. The van der Waals surface area contributed by atoms with E-state index in [0.29, 0.717) is 12.1 Å². The van der Waals surface area contributed by atoms with Crippen LogP contribution in [-0.4, -0.2) is 43.5 Å². The van der Waals surface area contributed by atoms with Crippen molar-refractivity contribution >= 4 is 11.4 Å². The summed E-state index contributed by atoms with van der Waals surface area (Å²) in [5.41, 5.74) is 1.52. The fourth-order valence-electron chi connectivity index (χ4n) is 3.16. The predicted molar refractivity (Wildman–Crippen MR) is 81.7 cm³/mol. The van der Waals surface area contributed by atoms with Gasteiger partial charge in [-0.3, -0.25) is 4.79 Å². The van der Waals surface area contributed by atoms with Crippen LogP contribution >= 0.6 is 0 Å². The van der Waals surface area contributed by atoms with Gasteiger partial charge in [-0.1, -0.05) is 6.07 Å². The van der Waals surface area contributed by atoms with E-state index in [1.54, 1.807) is 16.9 Å². The summed E-state index contributed by atoms with van der Waals surface area (Å²) in [7, 11) is 0. The van der Waals surface area contributed by atoms with E-state index in [2.05, 4.69) is 15.1 Å². The van der Waals surface area contributed by atoms with Crippen molar-refractivity contribution in [2.24, 2.45) is 0 Å². The van der Waals surface area contributed by atoms with Crippen molar-refractivity contribution in [3.05, 3.63) is 54.4 Å². The highest BCUT2D eigenvalue weighted by atomic mass is 16.2. The zero-order chi connectivity index (χ0) is 14.9. The number of aromatic nitrogens is 4. The van der Waals surface area contributed by atoms with Gasteiger partial charge < -0.3 is 9.88 Å². The van der Waals surface area contributed by atoms with Gasteiger partial charge >= 0.3 is 0 Å². The van der Waals surface area contributed by atoms with Gasteiger partial charge in [-0.25, -0.2) is 9.50 Å². The number of piperidine rings is 1. The van der Waals surface area contributed by atoms with E-state index in [4.69, 9.17) is 0 Å². The molecule has 1 fully saturated rings. The number of aromatic amines is 1. The molecule has 0 radical (unpaired) electrons. The number of carbonyl (C=O) groups excluding carboxylic acids is 1. The Morgan fingerprint density at radius 2 is 2.32 bits per heavy atom. The van der Waals surface area contributed by atoms with Gasteiger partial charge in [0, 0.05) is 37.6 Å². The molecule has 112 valence electrons. The standard InChI is InChI=1S/C16H17N5O/c22-16(13-10-19-21-9-2-1-5-14(13)21)20-8-3-4-12(11-20)15-17-6-7-18-15/h1-2,5-7,9-10,12H,3-4,8,11H2,(H,17,18)/t12-/m0/s1. The van der Waals surface area contributed by atoms with E-state index >= 15 is 0 Å². The number of pyridine rings is 1. The first kappa shape index (κ1) is 13.1. The summed E-state index contributed by atoms with van der Waals surface area (Å²) in [4.78, 5) is 22.3. The normalized spacial score (nSPS) is 18.7. The number of nitrogens with zero attached hydrogens (tertiary/aromatic N) is 4. The average molecular weight is 295 g/mol. The Labute approximate surface area is 127 Å². The second kappa shape index (κ2) is 5.29. The molecular formula is C16H17N5O. The molecule has 1 aliphatic rings. The Morgan fingerprint density at radius 3 is 3.18 bits per heavy atom. The van der Waals surface area contributed by atoms with Crippen LogP contribution in [0.2, 0.25) is 0 Å². The summed E-state index contributed by atoms with van der Waals surface area (Å²) in [6.07, 6.45) is 9.17. The second-order valence-corrected chi connectivity index (χ2v) is 5.65. The molecule has 6 nitrogen and oxygen atoms in total. The number of hydrogen-bond acceptors (Lipinski definition) is 3. The van der Waals surface area contributed by atoms with Crippen LogP contribution in [0.4, 0.5) is 0 Å². The Hall–Kier alpha value is -2.63. The van der Waals surface area contributed by atoms with Crippen LogP contribution < -0.4 is 0 Å². The van der Waals surface area contributed by atoms with Crippen LogP contribution in [0.1, 0.15) is 34.9 Å². The molecule has 0 unspecified atom stereocenters. The molecule has 4 rings (SSSR count). The van der Waals surface area contributed by atoms with Gasteiger partial charge in [0.15, 0.2) is 0 Å². The van der Waals surface area contributed by atoms with Crippen LogP contribution in [0.25, 0.3) is 5.52 Å². The SMILES string of the molecule is O=C(c1cnn2ccccc12)N1CCC[C@H](c2ncc[nH]2)C1. The molecule has 0 aliphatic carbocycles. The molecule has 0 spiro atoms. The molecule has 0 bridgehead atoms. The highest BCUT2D eigenvalue weighted by Gasteiger charge is 2.28. The highest BCUT2D eigenvalue weighted by Crippen LogP contribution is 2.26. The third kappa shape index (κ3) is 2.16. The fourth-order valence-corrected chi connectivity index (χ4v) is 3.16. The number of rotatable bonds is 2. The minimum Gasteiger partial charge on any atom is -0.348 e. The van der Waals surface area contributed by atoms with Crippen LogP contribution in [0.15, 0.2) is 43.0 Å². The van der Waals surface area contributed by atoms with Gasteiger partial charge in [0.1, 0.15) is 5.82 Å². The number of imidazole rings is 1. The van der Waals surface area contributed by atoms with E-state index in [0.717, 1.165) is 30.7 Å². The van der Waals surface area contributed by atoms with Crippen molar-refractivity contribution in [3.8, 4) is 0 Å². The number of carbonyl (C=O) groups is 1. The van der Waals surface area contributed by atoms with Crippen LogP contribution in [0.3, 0.4) is 0 Å². The van der Waals surface area contributed by atoms with Crippen LogP contribution in [0, 0.1) is 0 Å². The monoisotopic (exact) mass is 295 g/mol. The summed E-state index contributed by atoms with van der Waals surface area (Å²) in [5, 5.41) is 4.25. The molecule has 1 aliphatic heterocycles.